The molecular formula is C18H21ClN2O3S. The first-order valence-electron chi connectivity index (χ1n) is 7.68. The average Bonchev–Trinajstić information content (AvgIpc) is 2.87. The van der Waals surface area contributed by atoms with Gasteiger partial charge in [-0.25, -0.2) is 0 Å². The van der Waals surface area contributed by atoms with E-state index in [-0.39, 0.29) is 11.8 Å². The fourth-order valence-corrected chi connectivity index (χ4v) is 3.22. The quantitative estimate of drug-likeness (QED) is 0.788. The number of thiophene rings is 1. The smallest absolute Gasteiger partial charge is 0.266 e. The third kappa shape index (κ3) is 4.74. The Bertz CT molecular complexity index is 809. The summed E-state index contributed by atoms with van der Waals surface area (Å²) in [6.45, 7) is 7.34. The number of carbonyl (C=O) groups is 2. The average molecular weight is 381 g/mol. The predicted molar refractivity (Wildman–Crippen MR) is 103 cm³/mol. The molecule has 2 rings (SSSR count). The lowest BCUT2D eigenvalue weighted by Crippen LogP contribution is -2.27. The number of halogens is 1. The maximum Gasteiger partial charge on any atom is 0.266 e. The highest BCUT2D eigenvalue weighted by molar-refractivity contribution is 7.18. The minimum atomic E-state index is -0.500. The highest BCUT2D eigenvalue weighted by Gasteiger charge is 2.23. The van der Waals surface area contributed by atoms with Crippen LogP contribution in [0.4, 0.5) is 10.7 Å². The third-order valence-electron chi connectivity index (χ3n) is 3.45. The summed E-state index contributed by atoms with van der Waals surface area (Å²) in [5.41, 5.74) is 0.871. The Balaban J connectivity index is 2.15. The van der Waals surface area contributed by atoms with Gasteiger partial charge in [0.05, 0.1) is 22.0 Å². The van der Waals surface area contributed by atoms with Crippen LogP contribution in [-0.4, -0.2) is 18.9 Å². The van der Waals surface area contributed by atoms with Gasteiger partial charge in [0.2, 0.25) is 5.91 Å². The van der Waals surface area contributed by atoms with Crippen molar-refractivity contribution in [3.8, 4) is 5.75 Å². The van der Waals surface area contributed by atoms with Crippen LogP contribution >= 0.6 is 22.9 Å². The molecule has 2 aromatic rings. The molecule has 1 heterocycles. The van der Waals surface area contributed by atoms with Gasteiger partial charge in [-0.2, -0.15) is 0 Å². The van der Waals surface area contributed by atoms with E-state index in [2.05, 4.69) is 10.6 Å². The number of methoxy groups -OCH3 is 1. The summed E-state index contributed by atoms with van der Waals surface area (Å²) >= 11 is 7.31. The lowest BCUT2D eigenvalue weighted by Gasteiger charge is -2.16. The van der Waals surface area contributed by atoms with Crippen molar-refractivity contribution in [2.75, 3.05) is 17.7 Å². The van der Waals surface area contributed by atoms with Crippen LogP contribution in [-0.2, 0) is 4.79 Å². The Morgan fingerprint density at radius 2 is 1.84 bits per heavy atom. The van der Waals surface area contributed by atoms with Crippen molar-refractivity contribution in [2.45, 2.75) is 27.7 Å². The highest BCUT2D eigenvalue weighted by atomic mass is 35.5. The van der Waals surface area contributed by atoms with E-state index < -0.39 is 5.41 Å². The van der Waals surface area contributed by atoms with Crippen molar-refractivity contribution in [1.82, 2.24) is 0 Å². The van der Waals surface area contributed by atoms with Crippen LogP contribution in [0.3, 0.4) is 0 Å². The number of carbonyl (C=O) groups excluding carboxylic acids is 2. The number of aryl methyl sites for hydroxylation is 1. The predicted octanol–water partition coefficient (Wildman–Crippen LogP) is 4.96. The van der Waals surface area contributed by atoms with Gasteiger partial charge in [0.25, 0.3) is 5.91 Å². The Morgan fingerprint density at radius 3 is 2.40 bits per heavy atom. The molecule has 0 fully saturated rings. The van der Waals surface area contributed by atoms with Crippen molar-refractivity contribution in [3.05, 3.63) is 39.7 Å². The van der Waals surface area contributed by atoms with Crippen LogP contribution < -0.4 is 15.4 Å². The molecule has 0 radical (unpaired) electrons. The molecule has 25 heavy (non-hydrogen) atoms. The molecule has 2 N–H and O–H groups in total. The lowest BCUT2D eigenvalue weighted by atomic mass is 9.96. The number of benzene rings is 1. The fraction of sp³-hybridized carbons (Fsp3) is 0.333. The van der Waals surface area contributed by atoms with Crippen LogP contribution in [0.1, 0.15) is 36.0 Å². The number of rotatable bonds is 4. The Morgan fingerprint density at radius 1 is 1.16 bits per heavy atom. The molecule has 7 heteroatoms. The van der Waals surface area contributed by atoms with Gasteiger partial charge in [-0.15, -0.1) is 11.3 Å². The Labute approximate surface area is 156 Å². The summed E-state index contributed by atoms with van der Waals surface area (Å²) < 4.78 is 5.09. The van der Waals surface area contributed by atoms with E-state index in [0.717, 1.165) is 5.56 Å². The molecule has 0 aliphatic carbocycles. The zero-order valence-corrected chi connectivity index (χ0v) is 16.4. The van der Waals surface area contributed by atoms with Crippen molar-refractivity contribution in [2.24, 2.45) is 5.41 Å². The molecule has 5 nitrogen and oxygen atoms in total. The Kier molecular flexibility index (Phi) is 5.75. The van der Waals surface area contributed by atoms with Gasteiger partial charge in [0.15, 0.2) is 0 Å². The summed E-state index contributed by atoms with van der Waals surface area (Å²) in [5, 5.41) is 6.72. The monoisotopic (exact) mass is 380 g/mol. The largest absolute Gasteiger partial charge is 0.495 e. The van der Waals surface area contributed by atoms with Crippen LogP contribution in [0, 0.1) is 12.3 Å². The second-order valence-electron chi connectivity index (χ2n) is 6.63. The van der Waals surface area contributed by atoms with Gasteiger partial charge in [-0.1, -0.05) is 32.4 Å². The molecule has 0 aliphatic heterocycles. The number of ether oxygens (including phenoxy) is 1. The van der Waals surface area contributed by atoms with Gasteiger partial charge in [0.1, 0.15) is 5.75 Å². The first kappa shape index (κ1) is 19.3. The van der Waals surface area contributed by atoms with Gasteiger partial charge in [-0.3, -0.25) is 9.59 Å². The maximum absolute atomic E-state index is 12.5. The summed E-state index contributed by atoms with van der Waals surface area (Å²) in [5.74, 6) is 0.196. The molecule has 2 amide bonds. The van der Waals surface area contributed by atoms with Gasteiger partial charge in [0, 0.05) is 11.1 Å². The van der Waals surface area contributed by atoms with Crippen LogP contribution in [0.25, 0.3) is 0 Å². The number of hydrogen-bond donors (Lipinski definition) is 2. The van der Waals surface area contributed by atoms with E-state index in [1.165, 1.54) is 18.4 Å². The summed E-state index contributed by atoms with van der Waals surface area (Å²) in [7, 11) is 1.53. The molecule has 0 unspecified atom stereocenters. The first-order valence-corrected chi connectivity index (χ1v) is 8.88. The van der Waals surface area contributed by atoms with Crippen LogP contribution in [0.2, 0.25) is 5.02 Å². The molecule has 0 saturated heterocycles. The van der Waals surface area contributed by atoms with E-state index in [1.54, 1.807) is 24.3 Å². The van der Waals surface area contributed by atoms with Crippen molar-refractivity contribution in [3.63, 3.8) is 0 Å². The van der Waals surface area contributed by atoms with E-state index in [1.807, 2.05) is 27.7 Å². The van der Waals surface area contributed by atoms with Crippen molar-refractivity contribution in [1.29, 1.82) is 0 Å². The Hall–Kier alpha value is -2.05. The van der Waals surface area contributed by atoms with Crippen LogP contribution in [0.5, 0.6) is 5.75 Å². The van der Waals surface area contributed by atoms with E-state index in [4.69, 9.17) is 16.3 Å². The fourth-order valence-electron chi connectivity index (χ4n) is 2.00. The molecule has 0 saturated carbocycles. The number of anilines is 2. The number of hydrogen-bond acceptors (Lipinski definition) is 4. The number of amides is 2. The topological polar surface area (TPSA) is 67.4 Å². The SMILES string of the molecule is COc1ccc(NC(=O)c2sc(NC(=O)C(C)(C)C)cc2C)cc1Cl. The molecule has 134 valence electrons. The van der Waals surface area contributed by atoms with Gasteiger partial charge < -0.3 is 15.4 Å². The normalized spacial score (nSPS) is 11.1. The number of nitrogens with one attached hydrogen (secondary N) is 2. The molecule has 0 aliphatic rings. The van der Waals surface area contributed by atoms with Crippen molar-refractivity contribution >= 4 is 45.4 Å². The van der Waals surface area contributed by atoms with Gasteiger partial charge >= 0.3 is 0 Å². The molecule has 1 aromatic heterocycles. The minimum Gasteiger partial charge on any atom is -0.495 e. The van der Waals surface area contributed by atoms with Gasteiger partial charge in [-0.05, 0) is 36.8 Å². The summed E-state index contributed by atoms with van der Waals surface area (Å²) in [6, 6.07) is 6.83. The summed E-state index contributed by atoms with van der Waals surface area (Å²) in [4.78, 5) is 25.1. The third-order valence-corrected chi connectivity index (χ3v) is 4.90. The molecule has 0 atom stereocenters. The van der Waals surface area contributed by atoms with E-state index in [9.17, 15) is 9.59 Å². The molecule has 1 aromatic carbocycles. The lowest BCUT2D eigenvalue weighted by molar-refractivity contribution is -0.123. The molecular weight excluding hydrogens is 360 g/mol. The standard InChI is InChI=1S/C18H21ClN2O3S/c1-10-8-14(21-17(23)18(2,3)4)25-15(10)16(22)20-11-6-7-13(24-5)12(19)9-11/h6-9H,1-5H3,(H,20,22)(H,21,23). The first-order chi connectivity index (χ1) is 11.6. The van der Waals surface area contributed by atoms with Crippen LogP contribution in [0.15, 0.2) is 24.3 Å². The maximum atomic E-state index is 12.5. The van der Waals surface area contributed by atoms with E-state index in [0.29, 0.717) is 26.3 Å². The van der Waals surface area contributed by atoms with Crippen molar-refractivity contribution < 1.29 is 14.3 Å². The highest BCUT2D eigenvalue weighted by Crippen LogP contribution is 2.31. The molecule has 0 spiro atoms. The minimum absolute atomic E-state index is 0.0948. The zero-order valence-electron chi connectivity index (χ0n) is 14.8. The van der Waals surface area contributed by atoms with E-state index >= 15 is 0 Å². The summed E-state index contributed by atoms with van der Waals surface area (Å²) in [6.07, 6.45) is 0. The second kappa shape index (κ2) is 7.45. The second-order valence-corrected chi connectivity index (χ2v) is 8.09. The zero-order chi connectivity index (χ0) is 18.8. The molecule has 0 bridgehead atoms.